The maximum atomic E-state index is 13.2. The van der Waals surface area contributed by atoms with Gasteiger partial charge in [0.25, 0.3) is 0 Å². The van der Waals surface area contributed by atoms with Crippen molar-refractivity contribution < 1.29 is 4.39 Å². The number of halogens is 1. The van der Waals surface area contributed by atoms with Crippen LogP contribution in [0.15, 0.2) is 60.8 Å². The van der Waals surface area contributed by atoms with Crippen LogP contribution in [0.1, 0.15) is 25.3 Å². The third-order valence-corrected chi connectivity index (χ3v) is 5.27. The van der Waals surface area contributed by atoms with Crippen LogP contribution in [0.5, 0.6) is 0 Å². The van der Waals surface area contributed by atoms with E-state index in [1.165, 1.54) is 17.7 Å². The molecule has 0 unspecified atom stereocenters. The predicted octanol–water partition coefficient (Wildman–Crippen LogP) is 4.81. The van der Waals surface area contributed by atoms with E-state index < -0.39 is 0 Å². The highest BCUT2D eigenvalue weighted by Gasteiger charge is 2.19. The van der Waals surface area contributed by atoms with E-state index in [-0.39, 0.29) is 5.82 Å². The van der Waals surface area contributed by atoms with Gasteiger partial charge in [0.2, 0.25) is 5.95 Å². The van der Waals surface area contributed by atoms with Crippen LogP contribution in [0.2, 0.25) is 0 Å². The van der Waals surface area contributed by atoms with Gasteiger partial charge < -0.3 is 15.1 Å². The van der Waals surface area contributed by atoms with Gasteiger partial charge in [0.1, 0.15) is 11.6 Å². The summed E-state index contributed by atoms with van der Waals surface area (Å²) in [5, 5.41) is 3.38. The van der Waals surface area contributed by atoms with Gasteiger partial charge in [-0.2, -0.15) is 4.98 Å². The highest BCUT2D eigenvalue weighted by molar-refractivity contribution is 5.60. The monoisotopic (exact) mass is 391 g/mol. The van der Waals surface area contributed by atoms with Crippen molar-refractivity contribution in [1.29, 1.82) is 0 Å². The molecule has 0 saturated carbocycles. The number of aromatic nitrogens is 2. The summed E-state index contributed by atoms with van der Waals surface area (Å²) in [5.74, 6) is 1.74. The molecule has 0 aliphatic carbocycles. The maximum Gasteiger partial charge on any atom is 0.229 e. The summed E-state index contributed by atoms with van der Waals surface area (Å²) in [6.07, 6.45) is 1.80. The van der Waals surface area contributed by atoms with E-state index in [0.717, 1.165) is 43.4 Å². The highest BCUT2D eigenvalue weighted by Crippen LogP contribution is 2.26. The second-order valence-electron chi connectivity index (χ2n) is 7.56. The summed E-state index contributed by atoms with van der Waals surface area (Å²) in [4.78, 5) is 13.7. The summed E-state index contributed by atoms with van der Waals surface area (Å²) in [5.41, 5.74) is 3.34. The third kappa shape index (κ3) is 4.47. The average molecular weight is 391 g/mol. The molecule has 0 atom stereocenters. The molecular weight excluding hydrogens is 365 g/mol. The van der Waals surface area contributed by atoms with Crippen LogP contribution in [0.3, 0.4) is 0 Å². The van der Waals surface area contributed by atoms with Crippen LogP contribution in [-0.2, 0) is 0 Å². The molecule has 1 N–H and O–H groups in total. The fourth-order valence-corrected chi connectivity index (χ4v) is 3.67. The van der Waals surface area contributed by atoms with Gasteiger partial charge in [-0.25, -0.2) is 9.37 Å². The number of para-hydroxylation sites is 1. The fraction of sp³-hybridized carbons (Fsp3) is 0.304. The van der Waals surface area contributed by atoms with Crippen molar-refractivity contribution in [3.63, 3.8) is 0 Å². The van der Waals surface area contributed by atoms with Gasteiger partial charge in [-0.3, -0.25) is 0 Å². The smallest absolute Gasteiger partial charge is 0.229 e. The summed E-state index contributed by atoms with van der Waals surface area (Å²) in [6, 6.07) is 16.9. The average Bonchev–Trinajstić information content (AvgIpc) is 2.75. The Kier molecular flexibility index (Phi) is 5.60. The molecule has 1 aliphatic rings. The quantitative estimate of drug-likeness (QED) is 0.676. The number of piperazine rings is 1. The molecule has 3 aromatic rings. The standard InChI is InChI=1S/C23H26FN5/c1-17(2)20-5-3-4-6-21(20)26-23-25-12-11-22(27-23)29-15-13-28(14-16-29)19-9-7-18(24)8-10-19/h3-12,17H,13-16H2,1-2H3,(H,25,26,27). The lowest BCUT2D eigenvalue weighted by atomic mass is 10.0. The Morgan fingerprint density at radius 2 is 1.59 bits per heavy atom. The summed E-state index contributed by atoms with van der Waals surface area (Å²) >= 11 is 0. The first-order valence-electron chi connectivity index (χ1n) is 10.0. The van der Waals surface area contributed by atoms with Crippen molar-refractivity contribution in [2.24, 2.45) is 0 Å². The molecule has 0 bridgehead atoms. The van der Waals surface area contributed by atoms with Crippen molar-refractivity contribution in [1.82, 2.24) is 9.97 Å². The van der Waals surface area contributed by atoms with Crippen molar-refractivity contribution in [2.45, 2.75) is 19.8 Å². The first-order valence-corrected chi connectivity index (χ1v) is 10.0. The lowest BCUT2D eigenvalue weighted by Gasteiger charge is -2.36. The Morgan fingerprint density at radius 3 is 2.31 bits per heavy atom. The van der Waals surface area contributed by atoms with Crippen molar-refractivity contribution >= 4 is 23.1 Å². The summed E-state index contributed by atoms with van der Waals surface area (Å²) < 4.78 is 13.2. The van der Waals surface area contributed by atoms with Crippen molar-refractivity contribution in [2.75, 3.05) is 41.3 Å². The molecule has 6 heteroatoms. The first-order chi connectivity index (χ1) is 14.1. The molecule has 0 radical (unpaired) electrons. The van der Waals surface area contributed by atoms with Crippen LogP contribution in [0.4, 0.5) is 27.5 Å². The van der Waals surface area contributed by atoms with E-state index in [4.69, 9.17) is 4.98 Å². The van der Waals surface area contributed by atoms with Crippen LogP contribution < -0.4 is 15.1 Å². The number of nitrogens with one attached hydrogen (secondary N) is 1. The van der Waals surface area contributed by atoms with Crippen molar-refractivity contribution in [3.05, 3.63) is 72.2 Å². The van der Waals surface area contributed by atoms with Crippen LogP contribution in [0, 0.1) is 5.82 Å². The molecule has 1 fully saturated rings. The summed E-state index contributed by atoms with van der Waals surface area (Å²) in [6.45, 7) is 7.81. The van der Waals surface area contributed by atoms with E-state index >= 15 is 0 Å². The van der Waals surface area contributed by atoms with E-state index in [9.17, 15) is 4.39 Å². The number of hydrogen-bond acceptors (Lipinski definition) is 5. The molecule has 0 amide bonds. The van der Waals surface area contributed by atoms with E-state index in [1.807, 2.05) is 24.3 Å². The second-order valence-corrected chi connectivity index (χ2v) is 7.56. The minimum Gasteiger partial charge on any atom is -0.368 e. The van der Waals surface area contributed by atoms with Crippen LogP contribution in [0.25, 0.3) is 0 Å². The molecule has 0 spiro atoms. The Balaban J connectivity index is 1.44. The molecular formula is C23H26FN5. The molecule has 29 heavy (non-hydrogen) atoms. The van der Waals surface area contributed by atoms with Gasteiger partial charge in [-0.1, -0.05) is 32.0 Å². The fourth-order valence-electron chi connectivity index (χ4n) is 3.67. The molecule has 150 valence electrons. The lowest BCUT2D eigenvalue weighted by Crippen LogP contribution is -2.46. The van der Waals surface area contributed by atoms with Gasteiger partial charge in [0, 0.05) is 43.8 Å². The zero-order chi connectivity index (χ0) is 20.2. The van der Waals surface area contributed by atoms with Gasteiger partial charge in [0.15, 0.2) is 0 Å². The van der Waals surface area contributed by atoms with Crippen LogP contribution in [-0.4, -0.2) is 36.1 Å². The van der Waals surface area contributed by atoms with E-state index in [0.29, 0.717) is 11.9 Å². The summed E-state index contributed by atoms with van der Waals surface area (Å²) in [7, 11) is 0. The number of benzene rings is 2. The normalized spacial score (nSPS) is 14.3. The molecule has 1 aliphatic heterocycles. The Hall–Kier alpha value is -3.15. The molecule has 2 heterocycles. The van der Waals surface area contributed by atoms with Gasteiger partial charge >= 0.3 is 0 Å². The van der Waals surface area contributed by atoms with Crippen molar-refractivity contribution in [3.8, 4) is 0 Å². The second kappa shape index (κ2) is 8.47. The zero-order valence-corrected chi connectivity index (χ0v) is 16.8. The highest BCUT2D eigenvalue weighted by atomic mass is 19.1. The SMILES string of the molecule is CC(C)c1ccccc1Nc1nccc(N2CCN(c3ccc(F)cc3)CC2)n1. The molecule has 4 rings (SSSR count). The van der Waals surface area contributed by atoms with Gasteiger partial charge in [0.05, 0.1) is 0 Å². The van der Waals surface area contributed by atoms with Crippen LogP contribution >= 0.6 is 0 Å². The molecule has 2 aromatic carbocycles. The minimum absolute atomic E-state index is 0.201. The predicted molar refractivity (Wildman–Crippen MR) is 117 cm³/mol. The van der Waals surface area contributed by atoms with Gasteiger partial charge in [-0.15, -0.1) is 0 Å². The van der Waals surface area contributed by atoms with E-state index in [1.54, 1.807) is 6.20 Å². The minimum atomic E-state index is -0.201. The number of nitrogens with zero attached hydrogens (tertiary/aromatic N) is 4. The zero-order valence-electron chi connectivity index (χ0n) is 16.8. The maximum absolute atomic E-state index is 13.2. The number of hydrogen-bond donors (Lipinski definition) is 1. The number of rotatable bonds is 5. The third-order valence-electron chi connectivity index (χ3n) is 5.27. The number of anilines is 4. The Labute approximate surface area is 171 Å². The Morgan fingerprint density at radius 1 is 0.897 bits per heavy atom. The molecule has 5 nitrogen and oxygen atoms in total. The lowest BCUT2D eigenvalue weighted by molar-refractivity contribution is 0.624. The molecule has 1 aromatic heterocycles. The van der Waals surface area contributed by atoms with E-state index in [2.05, 4.69) is 52.1 Å². The molecule has 1 saturated heterocycles. The van der Waals surface area contributed by atoms with Gasteiger partial charge in [-0.05, 0) is 47.9 Å². The topological polar surface area (TPSA) is 44.3 Å². The first kappa shape index (κ1) is 19.2. The Bertz CT molecular complexity index is 949. The largest absolute Gasteiger partial charge is 0.368 e.